The molecule has 0 aliphatic carbocycles. The molecule has 1 aliphatic rings. The number of hydrogen-bond donors (Lipinski definition) is 6. The largest absolute Gasteiger partial charge is 0.385 e. The number of ketones is 5. The summed E-state index contributed by atoms with van der Waals surface area (Å²) in [4.78, 5) is 102. The third-order valence-corrected chi connectivity index (χ3v) is 27.5. The molecule has 13 rings (SSSR count). The van der Waals surface area contributed by atoms with E-state index in [1.54, 1.807) is 240 Å². The van der Waals surface area contributed by atoms with Gasteiger partial charge >= 0.3 is 0 Å². The predicted molar refractivity (Wildman–Crippen MR) is 551 cm³/mol. The number of amides is 3. The van der Waals surface area contributed by atoms with Crippen LogP contribution >= 0.6 is 0 Å². The van der Waals surface area contributed by atoms with Crippen LogP contribution in [0.2, 0.25) is 0 Å². The number of anilines is 6. The van der Waals surface area contributed by atoms with Gasteiger partial charge in [-0.05, 0) is 222 Å². The molecule has 12 aromatic rings. The molecule has 0 spiro atoms. The number of carbonyl (C=O) groups excluding carboxylic acids is 8. The van der Waals surface area contributed by atoms with E-state index in [4.69, 9.17) is 9.47 Å². The first kappa shape index (κ1) is 112. The van der Waals surface area contributed by atoms with Gasteiger partial charge in [0.2, 0.25) is 0 Å². The molecular weight excluding hydrogens is 1880 g/mol. The lowest BCUT2D eigenvalue weighted by Crippen LogP contribution is -2.48. The first-order chi connectivity index (χ1) is 67.5. The molecule has 0 aromatic heterocycles. The van der Waals surface area contributed by atoms with Gasteiger partial charge < -0.3 is 29.9 Å². The van der Waals surface area contributed by atoms with Crippen molar-refractivity contribution >= 4 is 121 Å². The highest BCUT2D eigenvalue weighted by Gasteiger charge is 2.26. The molecule has 1 saturated heterocycles. The van der Waals surface area contributed by atoms with Gasteiger partial charge in [-0.2, -0.15) is 0 Å². The molecule has 3 amide bonds. The molecule has 141 heavy (non-hydrogen) atoms. The molecule has 744 valence electrons. The van der Waals surface area contributed by atoms with E-state index in [0.29, 0.717) is 144 Å². The van der Waals surface area contributed by atoms with Crippen molar-refractivity contribution in [3.8, 4) is 0 Å². The van der Waals surface area contributed by atoms with Gasteiger partial charge in [0.05, 0.1) is 42.2 Å². The van der Waals surface area contributed by atoms with Gasteiger partial charge in [-0.15, -0.1) is 0 Å². The Kier molecular flexibility index (Phi) is 45.5. The summed E-state index contributed by atoms with van der Waals surface area (Å²) in [7, 11) is -11.5. The second-order valence-corrected chi connectivity index (χ2v) is 39.5. The second kappa shape index (κ2) is 57.0. The van der Waals surface area contributed by atoms with Gasteiger partial charge in [0.1, 0.15) is 11.6 Å². The molecule has 32 heteroatoms. The van der Waals surface area contributed by atoms with E-state index in [1.807, 2.05) is 39.5 Å². The topological polar surface area (TPSA) is 370 Å². The van der Waals surface area contributed by atoms with E-state index >= 15 is 0 Å². The molecule has 0 saturated carbocycles. The molecule has 0 radical (unpaired) electrons. The van der Waals surface area contributed by atoms with Gasteiger partial charge in [0, 0.05) is 142 Å². The summed E-state index contributed by atoms with van der Waals surface area (Å²) >= 11 is 0. The van der Waals surface area contributed by atoms with Crippen molar-refractivity contribution in [3.63, 3.8) is 0 Å². The molecular formula is C109H122F2N8O18S4. The van der Waals surface area contributed by atoms with Crippen LogP contribution in [0.5, 0.6) is 0 Å². The molecule has 1 fully saturated rings. The fourth-order valence-corrected chi connectivity index (χ4v) is 18.3. The maximum atomic E-state index is 13.6. The van der Waals surface area contributed by atoms with Gasteiger partial charge in [0.15, 0.2) is 28.9 Å². The Morgan fingerprint density at radius 2 is 0.617 bits per heavy atom. The number of sulfonamides is 4. The summed E-state index contributed by atoms with van der Waals surface area (Å²) in [6.07, 6.45) is 8.85. The van der Waals surface area contributed by atoms with Crippen LogP contribution in [0.4, 0.5) is 42.9 Å². The molecule has 1 heterocycles. The normalized spacial score (nSPS) is 11.8. The molecule has 0 unspecified atom stereocenters. The molecule has 12 aromatic carbocycles. The average Bonchev–Trinajstić information content (AvgIpc) is 0.815. The summed E-state index contributed by atoms with van der Waals surface area (Å²) in [6.45, 7) is 18.7. The number of Topliss-reactive ketones (excluding diaryl/α,β-unsaturated/α-hetero) is 5. The minimum Gasteiger partial charge on any atom is -0.385 e. The standard InChI is InChI=1S/C20H25N3O3S.2C18H18FNO2.C18H21NO4S.C18H21NO3S.C17H19NO4S/c1-3-22-11-13-23(14-12-22)20(24)17-10-9-16(2)19(15-17)21-27(25,26)18-7-5-4-6-8-18;1-2-3-11-17(21)13-7-6-8-14(12-13)20-18(22)15-9-4-5-10-16(15)19;1-2-3-7-17(21)14-5-4-6-16(12-14)20-18(22)13-8-10-15(19)11-9-13;1-14-10-11-15(18(20)9-6-12-23-2)13-17(14)19-24(21,22)16-7-4-3-5-8-16;1-3-4-10-18(20)15-12-11-14(2)17(13-15)19-23(21,22)16-8-6-5-7-9-16;1-22-12-6-11-17(19)14-7-5-8-15(13-14)18-23(20,21)16-9-3-2-4-10-16/h4-10,15,21H,3,11-14H2,1-2H3;4-10,12H,2-3,11H2,1H3,(H,20,22);4-6,8-12H,2-3,7H2,1H3,(H,20,22);3-5,7-8,10-11,13,19H,6,9,12H2,1-2H3;5-9,11-13,19H,3-4,10H2,1-2H3;2-5,7-10,13,18H,6,11-12H2,1H3. The summed E-state index contributed by atoms with van der Waals surface area (Å²) < 4.78 is 146. The zero-order chi connectivity index (χ0) is 102. The Bertz CT molecular complexity index is 6670. The van der Waals surface area contributed by atoms with E-state index in [9.17, 15) is 80.8 Å². The summed E-state index contributed by atoms with van der Waals surface area (Å²) in [6, 6.07) is 79.1. The third-order valence-electron chi connectivity index (χ3n) is 22.0. The van der Waals surface area contributed by atoms with Crippen LogP contribution in [0.25, 0.3) is 0 Å². The van der Waals surface area contributed by atoms with Crippen molar-refractivity contribution < 1.29 is 90.3 Å². The maximum absolute atomic E-state index is 13.6. The van der Waals surface area contributed by atoms with Crippen molar-refractivity contribution in [1.82, 2.24) is 9.80 Å². The fourth-order valence-electron chi connectivity index (χ4n) is 13.8. The predicted octanol–water partition coefficient (Wildman–Crippen LogP) is 22.1. The van der Waals surface area contributed by atoms with E-state index in [1.165, 1.54) is 78.9 Å². The highest BCUT2D eigenvalue weighted by atomic mass is 32.2. The smallest absolute Gasteiger partial charge is 0.261 e. The Balaban J connectivity index is 0.000000207. The SMILES string of the molecule is CCCCC(=O)c1ccc(C)c(NS(=O)(=O)c2ccccc2)c1.CCCCC(=O)c1cccc(NC(=O)c2ccc(F)cc2)c1.CCCCC(=O)c1cccc(NC(=O)c2ccccc2F)c1.CCN1CCN(C(=O)c2ccc(C)c(NS(=O)(=O)c3ccccc3)c2)CC1.COCCCC(=O)c1ccc(C)c(NS(=O)(=O)c2ccccc2)c1.COCCCC(=O)c1cccc(NS(=O)(=O)c2ccccc2)c1. The number of methoxy groups -OCH3 is 2. The summed E-state index contributed by atoms with van der Waals surface area (Å²) in [5.74, 6) is -1.82. The van der Waals surface area contributed by atoms with Crippen LogP contribution < -0.4 is 29.5 Å². The van der Waals surface area contributed by atoms with E-state index in [-0.39, 0.29) is 71.7 Å². The van der Waals surface area contributed by atoms with Crippen LogP contribution in [-0.4, -0.2) is 150 Å². The lowest BCUT2D eigenvalue weighted by molar-refractivity contribution is 0.0642. The number of nitrogens with one attached hydrogen (secondary N) is 6. The van der Waals surface area contributed by atoms with Gasteiger partial charge in [0.25, 0.3) is 57.8 Å². The number of likely N-dealkylation sites (N-methyl/N-ethyl adjacent to an activating group) is 1. The number of ether oxygens (including phenoxy) is 2. The zero-order valence-electron chi connectivity index (χ0n) is 80.6. The Morgan fingerprint density at radius 3 is 0.972 bits per heavy atom. The van der Waals surface area contributed by atoms with Gasteiger partial charge in [-0.25, -0.2) is 42.5 Å². The maximum Gasteiger partial charge on any atom is 0.261 e. The minimum absolute atomic E-state index is 0.0230. The number of carbonyl (C=O) groups is 8. The highest BCUT2D eigenvalue weighted by molar-refractivity contribution is 7.93. The molecule has 6 N–H and O–H groups in total. The molecule has 0 atom stereocenters. The highest BCUT2D eigenvalue weighted by Crippen LogP contribution is 2.29. The average molecular weight is 2000 g/mol. The summed E-state index contributed by atoms with van der Waals surface area (Å²) in [5, 5.41) is 5.33. The van der Waals surface area contributed by atoms with E-state index in [2.05, 4.69) is 41.3 Å². The van der Waals surface area contributed by atoms with Crippen molar-refractivity contribution in [2.75, 3.05) is 89.7 Å². The van der Waals surface area contributed by atoms with E-state index < -0.39 is 51.8 Å². The Labute approximate surface area is 826 Å². The van der Waals surface area contributed by atoms with Crippen LogP contribution in [-0.2, 0) is 49.6 Å². The number of halogens is 2. The number of rotatable bonds is 40. The number of hydrogen-bond acceptors (Lipinski definition) is 19. The van der Waals surface area contributed by atoms with Crippen molar-refractivity contribution in [1.29, 1.82) is 0 Å². The zero-order valence-corrected chi connectivity index (χ0v) is 83.8. The molecule has 26 nitrogen and oxygen atoms in total. The monoisotopic (exact) mass is 2000 g/mol. The van der Waals surface area contributed by atoms with Gasteiger partial charge in [-0.1, -0.05) is 199 Å². The first-order valence-electron chi connectivity index (χ1n) is 46.2. The third kappa shape index (κ3) is 36.7. The number of benzene rings is 12. The molecule has 0 bridgehead atoms. The van der Waals surface area contributed by atoms with E-state index in [0.717, 1.165) is 74.8 Å². The van der Waals surface area contributed by atoms with Crippen LogP contribution in [0.3, 0.4) is 0 Å². The van der Waals surface area contributed by atoms with Crippen molar-refractivity contribution in [2.45, 2.75) is 152 Å². The van der Waals surface area contributed by atoms with Crippen molar-refractivity contribution in [2.24, 2.45) is 0 Å². The van der Waals surface area contributed by atoms with Crippen molar-refractivity contribution in [3.05, 3.63) is 370 Å². The number of nitrogens with zero attached hydrogens (tertiary/aromatic N) is 2. The second-order valence-electron chi connectivity index (χ2n) is 32.7. The minimum atomic E-state index is -3.70. The van der Waals surface area contributed by atoms with Crippen LogP contribution in [0, 0.1) is 32.4 Å². The van der Waals surface area contributed by atoms with Crippen LogP contribution in [0.1, 0.15) is 211 Å². The van der Waals surface area contributed by atoms with Crippen LogP contribution in [0.15, 0.2) is 317 Å². The number of unbranched alkanes of at least 4 members (excludes halogenated alkanes) is 3. The number of piperazine rings is 1. The summed E-state index contributed by atoms with van der Waals surface area (Å²) in [5.41, 5.74) is 8.46. The van der Waals surface area contributed by atoms with Gasteiger partial charge in [-0.3, -0.25) is 57.2 Å². The first-order valence-corrected chi connectivity index (χ1v) is 52.2. The Morgan fingerprint density at radius 1 is 0.312 bits per heavy atom. The lowest BCUT2D eigenvalue weighted by Gasteiger charge is -2.34. The quantitative estimate of drug-likeness (QED) is 0.0153. The molecule has 1 aliphatic heterocycles. The number of aryl methyl sites for hydroxylation is 3. The Hall–Kier alpha value is -13.9. The lowest BCUT2D eigenvalue weighted by atomic mass is 10.0. The fraction of sp³-hybridized carbons (Fsp3) is 0.266.